The molecule has 0 aliphatic carbocycles. The van der Waals surface area contributed by atoms with Gasteiger partial charge in [0.1, 0.15) is 11.5 Å². The van der Waals surface area contributed by atoms with E-state index in [1.807, 2.05) is 66.7 Å². The Hall–Kier alpha value is -3.66. The van der Waals surface area contributed by atoms with Crippen LogP contribution in [-0.4, -0.2) is 10.9 Å². The van der Waals surface area contributed by atoms with Crippen molar-refractivity contribution < 1.29 is 9.53 Å². The van der Waals surface area contributed by atoms with Crippen LogP contribution in [0.5, 0.6) is 11.5 Å². The molecule has 0 spiro atoms. The molecule has 0 atom stereocenters. The zero-order valence-electron chi connectivity index (χ0n) is 13.9. The van der Waals surface area contributed by atoms with Gasteiger partial charge in [0.15, 0.2) is 0 Å². The number of rotatable bonds is 4. The molecule has 4 rings (SSSR count). The Morgan fingerprint density at radius 3 is 2.54 bits per heavy atom. The molecular weight excluding hydrogens is 324 g/mol. The first kappa shape index (κ1) is 15.8. The lowest BCUT2D eigenvalue weighted by Crippen LogP contribution is -2.11. The number of amides is 1. The molecule has 0 aliphatic rings. The average Bonchev–Trinajstić information content (AvgIpc) is 2.69. The molecule has 4 nitrogen and oxygen atoms in total. The van der Waals surface area contributed by atoms with Crippen LogP contribution in [0, 0.1) is 0 Å². The van der Waals surface area contributed by atoms with E-state index in [1.54, 1.807) is 24.4 Å². The number of nitrogens with zero attached hydrogens (tertiary/aromatic N) is 1. The lowest BCUT2D eigenvalue weighted by atomic mass is 10.1. The zero-order valence-corrected chi connectivity index (χ0v) is 13.9. The fourth-order valence-corrected chi connectivity index (χ4v) is 2.68. The predicted octanol–water partition coefficient (Wildman–Crippen LogP) is 5.28. The van der Waals surface area contributed by atoms with Crippen molar-refractivity contribution in [3.63, 3.8) is 0 Å². The maximum Gasteiger partial charge on any atom is 0.255 e. The van der Waals surface area contributed by atoms with E-state index < -0.39 is 0 Å². The largest absolute Gasteiger partial charge is 0.457 e. The quantitative estimate of drug-likeness (QED) is 0.550. The van der Waals surface area contributed by atoms with Gasteiger partial charge in [-0.15, -0.1) is 0 Å². The number of hydrogen-bond acceptors (Lipinski definition) is 3. The molecule has 1 amide bonds. The molecular formula is C22H16N2O2. The van der Waals surface area contributed by atoms with E-state index in [0.717, 1.165) is 22.3 Å². The third-order valence-corrected chi connectivity index (χ3v) is 3.94. The summed E-state index contributed by atoms with van der Waals surface area (Å²) in [5.74, 6) is 1.16. The Morgan fingerprint density at radius 1 is 0.808 bits per heavy atom. The molecule has 1 N–H and O–H groups in total. The van der Waals surface area contributed by atoms with E-state index in [4.69, 9.17) is 4.74 Å². The van der Waals surface area contributed by atoms with Gasteiger partial charge in [-0.1, -0.05) is 30.3 Å². The van der Waals surface area contributed by atoms with Crippen LogP contribution >= 0.6 is 0 Å². The van der Waals surface area contributed by atoms with Gasteiger partial charge in [-0.3, -0.25) is 9.78 Å². The zero-order chi connectivity index (χ0) is 17.8. The average molecular weight is 340 g/mol. The normalized spacial score (nSPS) is 10.5. The Morgan fingerprint density at radius 2 is 1.65 bits per heavy atom. The molecule has 1 aromatic heterocycles. The molecule has 126 valence electrons. The summed E-state index contributed by atoms with van der Waals surface area (Å²) in [5.41, 5.74) is 2.15. The van der Waals surface area contributed by atoms with Crippen LogP contribution in [0.1, 0.15) is 10.4 Å². The molecule has 0 unspecified atom stereocenters. The maximum absolute atomic E-state index is 12.6. The van der Waals surface area contributed by atoms with E-state index in [2.05, 4.69) is 10.3 Å². The summed E-state index contributed by atoms with van der Waals surface area (Å²) in [6.45, 7) is 0. The van der Waals surface area contributed by atoms with Crippen LogP contribution < -0.4 is 10.1 Å². The molecule has 26 heavy (non-hydrogen) atoms. The monoisotopic (exact) mass is 340 g/mol. The number of benzene rings is 3. The second-order valence-electron chi connectivity index (χ2n) is 5.81. The molecule has 0 saturated heterocycles. The van der Waals surface area contributed by atoms with Gasteiger partial charge in [-0.2, -0.15) is 0 Å². The molecule has 0 bridgehead atoms. The number of nitrogens with one attached hydrogen (secondary N) is 1. The number of carbonyl (C=O) groups is 1. The molecule has 0 radical (unpaired) electrons. The molecule has 4 heteroatoms. The first-order chi connectivity index (χ1) is 12.8. The Kier molecular flexibility index (Phi) is 4.31. The second-order valence-corrected chi connectivity index (χ2v) is 5.81. The van der Waals surface area contributed by atoms with Crippen LogP contribution in [0.25, 0.3) is 10.9 Å². The van der Waals surface area contributed by atoms with Crippen LogP contribution in [0.3, 0.4) is 0 Å². The van der Waals surface area contributed by atoms with Crippen molar-refractivity contribution in [1.82, 2.24) is 4.98 Å². The molecule has 0 aliphatic heterocycles. The highest BCUT2D eigenvalue weighted by Crippen LogP contribution is 2.23. The number of para-hydroxylation sites is 1. The number of anilines is 1. The van der Waals surface area contributed by atoms with Crippen molar-refractivity contribution in [2.75, 3.05) is 5.32 Å². The van der Waals surface area contributed by atoms with E-state index >= 15 is 0 Å². The van der Waals surface area contributed by atoms with E-state index in [1.165, 1.54) is 0 Å². The van der Waals surface area contributed by atoms with E-state index in [9.17, 15) is 4.79 Å². The van der Waals surface area contributed by atoms with E-state index in [0.29, 0.717) is 11.3 Å². The van der Waals surface area contributed by atoms with Crippen molar-refractivity contribution in [3.8, 4) is 11.5 Å². The lowest BCUT2D eigenvalue weighted by molar-refractivity contribution is 0.102. The molecule has 0 saturated carbocycles. The van der Waals surface area contributed by atoms with Crippen molar-refractivity contribution in [2.24, 2.45) is 0 Å². The summed E-state index contributed by atoms with van der Waals surface area (Å²) in [7, 11) is 0. The lowest BCUT2D eigenvalue weighted by Gasteiger charge is -2.09. The molecule has 1 heterocycles. The standard InChI is InChI=1S/C22H16N2O2/c25-22(24-18-11-12-21-16(14-18)7-5-13-23-21)17-6-4-10-20(15-17)26-19-8-2-1-3-9-19/h1-15H,(H,24,25). The molecule has 4 aromatic rings. The van der Waals surface area contributed by atoms with Gasteiger partial charge in [0.2, 0.25) is 0 Å². The highest BCUT2D eigenvalue weighted by atomic mass is 16.5. The second kappa shape index (κ2) is 7.07. The Bertz CT molecular complexity index is 1060. The van der Waals surface area contributed by atoms with Gasteiger partial charge in [-0.05, 0) is 54.6 Å². The minimum Gasteiger partial charge on any atom is -0.457 e. The SMILES string of the molecule is O=C(Nc1ccc2ncccc2c1)c1cccc(Oc2ccccc2)c1. The minimum atomic E-state index is -0.188. The fourth-order valence-electron chi connectivity index (χ4n) is 2.68. The van der Waals surface area contributed by atoms with Gasteiger partial charge in [0, 0.05) is 22.8 Å². The topological polar surface area (TPSA) is 51.2 Å². The first-order valence-electron chi connectivity index (χ1n) is 8.27. The maximum atomic E-state index is 12.6. The van der Waals surface area contributed by atoms with Crippen LogP contribution in [0.2, 0.25) is 0 Å². The van der Waals surface area contributed by atoms with Crippen molar-refractivity contribution >= 4 is 22.5 Å². The number of aromatic nitrogens is 1. The van der Waals surface area contributed by atoms with Crippen molar-refractivity contribution in [2.45, 2.75) is 0 Å². The number of fused-ring (bicyclic) bond motifs is 1. The van der Waals surface area contributed by atoms with Crippen LogP contribution in [0.4, 0.5) is 5.69 Å². The highest BCUT2D eigenvalue weighted by Gasteiger charge is 2.08. The summed E-state index contributed by atoms with van der Waals surface area (Å²) in [6, 6.07) is 26.1. The number of ether oxygens (including phenoxy) is 1. The van der Waals surface area contributed by atoms with Gasteiger partial charge in [0.05, 0.1) is 5.52 Å². The summed E-state index contributed by atoms with van der Waals surface area (Å²) in [5, 5.41) is 3.90. The summed E-state index contributed by atoms with van der Waals surface area (Å²) >= 11 is 0. The number of hydrogen-bond donors (Lipinski definition) is 1. The van der Waals surface area contributed by atoms with Crippen LogP contribution in [0.15, 0.2) is 91.1 Å². The van der Waals surface area contributed by atoms with Gasteiger partial charge in [0.25, 0.3) is 5.91 Å². The van der Waals surface area contributed by atoms with Gasteiger partial charge >= 0.3 is 0 Å². The highest BCUT2D eigenvalue weighted by molar-refractivity contribution is 6.05. The Labute approximate surface area is 151 Å². The van der Waals surface area contributed by atoms with Crippen molar-refractivity contribution in [3.05, 3.63) is 96.7 Å². The fraction of sp³-hybridized carbons (Fsp3) is 0. The summed E-state index contributed by atoms with van der Waals surface area (Å²) < 4.78 is 5.79. The van der Waals surface area contributed by atoms with Crippen molar-refractivity contribution in [1.29, 1.82) is 0 Å². The molecule has 3 aromatic carbocycles. The van der Waals surface area contributed by atoms with Gasteiger partial charge < -0.3 is 10.1 Å². The van der Waals surface area contributed by atoms with Gasteiger partial charge in [-0.25, -0.2) is 0 Å². The van der Waals surface area contributed by atoms with E-state index in [-0.39, 0.29) is 5.91 Å². The Balaban J connectivity index is 1.53. The predicted molar refractivity (Wildman–Crippen MR) is 103 cm³/mol. The number of carbonyl (C=O) groups excluding carboxylic acids is 1. The van der Waals surface area contributed by atoms with Crippen LogP contribution in [-0.2, 0) is 0 Å². The summed E-state index contributed by atoms with van der Waals surface area (Å²) in [4.78, 5) is 16.9. The molecule has 0 fully saturated rings. The third-order valence-electron chi connectivity index (χ3n) is 3.94. The minimum absolute atomic E-state index is 0.188. The summed E-state index contributed by atoms with van der Waals surface area (Å²) in [6.07, 6.45) is 1.75. The third kappa shape index (κ3) is 3.54. The smallest absolute Gasteiger partial charge is 0.255 e. The number of pyridine rings is 1. The first-order valence-corrected chi connectivity index (χ1v) is 8.27.